The Bertz CT molecular complexity index is 2230. The van der Waals surface area contributed by atoms with Crippen LogP contribution in [0.1, 0.15) is 35.6 Å². The monoisotopic (exact) mass is 734 g/mol. The lowest BCUT2D eigenvalue weighted by Gasteiger charge is -2.36. The molecule has 2 aliphatic rings. The summed E-state index contributed by atoms with van der Waals surface area (Å²) in [5.41, 5.74) is 4.01. The standard InChI is InChI=1S/C45H42N4O6/c1-32(12-10-21-43(53)46-28-35-15-9-8-14-34(35)25-40(46)29-50)45(55)41-26-39(49(31-52)37-18-6-3-7-19-37)22-23-42(41)47(44(45)54)27-33-13-11-20-38(24-33)48(30-51)36-16-4-2-5-17-36/h2-20,22-24,26,30-32,40,50,55H,21,25,27-29H2,1H3/b12-10+/t32-,40+,45+/m1/s1. The Hall–Kier alpha value is -6.36. The first-order valence-electron chi connectivity index (χ1n) is 18.3. The molecule has 10 heteroatoms. The minimum absolute atomic E-state index is 0.0122. The lowest BCUT2D eigenvalue weighted by molar-refractivity contribution is -0.139. The average molecular weight is 735 g/mol. The number of carbonyl (C=O) groups is 4. The second kappa shape index (κ2) is 15.9. The van der Waals surface area contributed by atoms with Crippen molar-refractivity contribution >= 4 is 53.1 Å². The van der Waals surface area contributed by atoms with Gasteiger partial charge in [0, 0.05) is 47.2 Å². The van der Waals surface area contributed by atoms with Crippen LogP contribution in [-0.4, -0.2) is 52.4 Å². The number of aliphatic hydroxyl groups excluding tert-OH is 1. The van der Waals surface area contributed by atoms with E-state index in [-0.39, 0.29) is 31.5 Å². The highest BCUT2D eigenvalue weighted by Gasteiger charge is 2.52. The van der Waals surface area contributed by atoms with Crippen molar-refractivity contribution in [1.29, 1.82) is 0 Å². The molecule has 0 aliphatic carbocycles. The number of amides is 4. The zero-order valence-corrected chi connectivity index (χ0v) is 30.4. The fourth-order valence-corrected chi connectivity index (χ4v) is 7.62. The minimum Gasteiger partial charge on any atom is -0.394 e. The second-order valence-corrected chi connectivity index (χ2v) is 13.9. The molecule has 10 nitrogen and oxygen atoms in total. The first-order chi connectivity index (χ1) is 26.8. The van der Waals surface area contributed by atoms with Crippen molar-refractivity contribution in [1.82, 2.24) is 4.90 Å². The van der Waals surface area contributed by atoms with Crippen LogP contribution in [-0.2, 0) is 44.3 Å². The van der Waals surface area contributed by atoms with Crippen LogP contribution in [0.25, 0.3) is 0 Å². The lowest BCUT2D eigenvalue weighted by atomic mass is 9.82. The predicted octanol–water partition coefficient (Wildman–Crippen LogP) is 6.54. The third-order valence-corrected chi connectivity index (χ3v) is 10.6. The Kier molecular flexibility index (Phi) is 10.7. The van der Waals surface area contributed by atoms with Crippen molar-refractivity contribution in [3.8, 4) is 0 Å². The number of rotatable bonds is 13. The Morgan fingerprint density at radius 1 is 0.800 bits per heavy atom. The van der Waals surface area contributed by atoms with Crippen LogP contribution in [0, 0.1) is 5.92 Å². The quantitative estimate of drug-likeness (QED) is 0.105. The van der Waals surface area contributed by atoms with Gasteiger partial charge in [0.15, 0.2) is 5.60 Å². The molecule has 3 atom stereocenters. The van der Waals surface area contributed by atoms with Crippen molar-refractivity contribution in [2.24, 2.45) is 5.92 Å². The fraction of sp³-hybridized carbons (Fsp3) is 0.200. The van der Waals surface area contributed by atoms with Crippen molar-refractivity contribution in [2.45, 2.75) is 44.5 Å². The van der Waals surface area contributed by atoms with Gasteiger partial charge in [-0.25, -0.2) is 0 Å². The third kappa shape index (κ3) is 7.17. The summed E-state index contributed by atoms with van der Waals surface area (Å²) in [5, 5.41) is 22.7. The maximum atomic E-state index is 14.6. The van der Waals surface area contributed by atoms with E-state index in [9.17, 15) is 29.4 Å². The van der Waals surface area contributed by atoms with Crippen molar-refractivity contribution in [3.63, 3.8) is 0 Å². The van der Waals surface area contributed by atoms with E-state index in [0.29, 0.717) is 53.4 Å². The molecule has 2 heterocycles. The van der Waals surface area contributed by atoms with Crippen LogP contribution in [0.5, 0.6) is 0 Å². The molecule has 0 unspecified atom stereocenters. The molecule has 0 saturated heterocycles. The Balaban J connectivity index is 1.19. The van der Waals surface area contributed by atoms with Crippen LogP contribution in [0.2, 0.25) is 0 Å². The average Bonchev–Trinajstić information content (AvgIpc) is 3.43. The van der Waals surface area contributed by atoms with E-state index in [1.807, 2.05) is 97.1 Å². The molecule has 0 aromatic heterocycles. The number of nitrogens with zero attached hydrogens (tertiary/aromatic N) is 4. The molecule has 278 valence electrons. The van der Waals surface area contributed by atoms with Crippen LogP contribution >= 0.6 is 0 Å². The van der Waals surface area contributed by atoms with Gasteiger partial charge in [-0.2, -0.15) is 0 Å². The Labute approximate surface area is 320 Å². The van der Waals surface area contributed by atoms with Gasteiger partial charge in [-0.15, -0.1) is 0 Å². The molecule has 0 saturated carbocycles. The number of aliphatic hydroxyl groups is 2. The van der Waals surface area contributed by atoms with Gasteiger partial charge in [-0.1, -0.05) is 91.9 Å². The number of para-hydroxylation sites is 2. The number of benzene rings is 5. The number of hydrogen-bond acceptors (Lipinski definition) is 6. The zero-order valence-electron chi connectivity index (χ0n) is 30.4. The van der Waals surface area contributed by atoms with Gasteiger partial charge in [0.1, 0.15) is 0 Å². The Morgan fingerprint density at radius 3 is 2.04 bits per heavy atom. The van der Waals surface area contributed by atoms with Crippen molar-refractivity contribution in [2.75, 3.05) is 21.3 Å². The van der Waals surface area contributed by atoms with E-state index >= 15 is 0 Å². The highest BCUT2D eigenvalue weighted by Crippen LogP contribution is 2.48. The van der Waals surface area contributed by atoms with Crippen LogP contribution in [0.4, 0.5) is 28.4 Å². The topological polar surface area (TPSA) is 122 Å². The first kappa shape index (κ1) is 37.0. The highest BCUT2D eigenvalue weighted by molar-refractivity contribution is 6.08. The summed E-state index contributed by atoms with van der Waals surface area (Å²) in [4.78, 5) is 58.9. The summed E-state index contributed by atoms with van der Waals surface area (Å²) >= 11 is 0. The smallest absolute Gasteiger partial charge is 0.264 e. The molecule has 0 spiro atoms. The lowest BCUT2D eigenvalue weighted by Crippen LogP contribution is -2.46. The number of hydrogen-bond donors (Lipinski definition) is 2. The van der Waals surface area contributed by atoms with Gasteiger partial charge < -0.3 is 20.0 Å². The maximum absolute atomic E-state index is 14.6. The van der Waals surface area contributed by atoms with E-state index < -0.39 is 17.4 Å². The summed E-state index contributed by atoms with van der Waals surface area (Å²) < 4.78 is 0. The summed E-state index contributed by atoms with van der Waals surface area (Å²) in [6.07, 6.45) is 5.35. The van der Waals surface area contributed by atoms with Crippen molar-refractivity contribution < 1.29 is 29.4 Å². The minimum atomic E-state index is -2.05. The Morgan fingerprint density at radius 2 is 1.40 bits per heavy atom. The van der Waals surface area contributed by atoms with E-state index in [1.165, 1.54) is 14.7 Å². The molecular weight excluding hydrogens is 693 g/mol. The molecule has 0 radical (unpaired) electrons. The summed E-state index contributed by atoms with van der Waals surface area (Å²) in [6, 6.07) is 38.3. The number of fused-ring (bicyclic) bond motifs is 2. The van der Waals surface area contributed by atoms with E-state index in [4.69, 9.17) is 0 Å². The van der Waals surface area contributed by atoms with Gasteiger partial charge in [-0.3, -0.25) is 29.0 Å². The highest BCUT2D eigenvalue weighted by atomic mass is 16.3. The number of anilines is 5. The van der Waals surface area contributed by atoms with E-state index in [0.717, 1.165) is 23.1 Å². The van der Waals surface area contributed by atoms with Gasteiger partial charge in [0.2, 0.25) is 18.7 Å². The fourth-order valence-electron chi connectivity index (χ4n) is 7.62. The normalized spacial score (nSPS) is 18.1. The molecule has 0 bridgehead atoms. The molecule has 5 aromatic carbocycles. The molecule has 4 amide bonds. The van der Waals surface area contributed by atoms with Gasteiger partial charge >= 0.3 is 0 Å². The zero-order chi connectivity index (χ0) is 38.5. The summed E-state index contributed by atoms with van der Waals surface area (Å²) in [6.45, 7) is 2.05. The van der Waals surface area contributed by atoms with Gasteiger partial charge in [0.25, 0.3) is 5.91 Å². The predicted molar refractivity (Wildman–Crippen MR) is 212 cm³/mol. The van der Waals surface area contributed by atoms with E-state index in [1.54, 1.807) is 54.3 Å². The maximum Gasteiger partial charge on any atom is 0.264 e. The van der Waals surface area contributed by atoms with Gasteiger partial charge in [-0.05, 0) is 77.7 Å². The van der Waals surface area contributed by atoms with Gasteiger partial charge in [0.05, 0.1) is 24.9 Å². The SMILES string of the molecule is C[C@H](/C=C/CC(=O)N1Cc2ccccc2C[C@H]1CO)[C@@]1(O)C(=O)N(Cc2cccc(N(C=O)c3ccccc3)c2)c2ccc(N(C=O)c3ccccc3)cc21. The molecule has 2 aliphatic heterocycles. The molecule has 2 N–H and O–H groups in total. The summed E-state index contributed by atoms with van der Waals surface area (Å²) in [7, 11) is 0. The van der Waals surface area contributed by atoms with Crippen molar-refractivity contribution in [3.05, 3.63) is 162 Å². The molecule has 5 aromatic rings. The third-order valence-electron chi connectivity index (χ3n) is 10.6. The van der Waals surface area contributed by atoms with Crippen LogP contribution in [0.3, 0.4) is 0 Å². The van der Waals surface area contributed by atoms with E-state index in [2.05, 4.69) is 0 Å². The number of carbonyl (C=O) groups excluding carboxylic acids is 4. The molecule has 0 fully saturated rings. The summed E-state index contributed by atoms with van der Waals surface area (Å²) in [5.74, 6) is -1.52. The second-order valence-electron chi connectivity index (χ2n) is 13.9. The van der Waals surface area contributed by atoms with Crippen LogP contribution in [0.15, 0.2) is 140 Å². The molecular formula is C45H42N4O6. The first-order valence-corrected chi connectivity index (χ1v) is 18.3. The molecule has 55 heavy (non-hydrogen) atoms. The molecule has 7 rings (SSSR count). The van der Waals surface area contributed by atoms with Crippen LogP contribution < -0.4 is 14.7 Å². The largest absolute Gasteiger partial charge is 0.394 e.